The maximum Gasteiger partial charge on any atom is 0.119 e. The Morgan fingerprint density at radius 3 is 2.48 bits per heavy atom. The first-order valence-electron chi connectivity index (χ1n) is 9.35. The van der Waals surface area contributed by atoms with Crippen LogP contribution in [0, 0.1) is 5.41 Å². The summed E-state index contributed by atoms with van der Waals surface area (Å²) in [4.78, 5) is 6.65. The van der Waals surface area contributed by atoms with Gasteiger partial charge in [0.15, 0.2) is 0 Å². The minimum absolute atomic E-state index is 0.582. The van der Waals surface area contributed by atoms with Crippen molar-refractivity contribution in [3.05, 3.63) is 59.9 Å². The number of nitrogens with one attached hydrogen (secondary N) is 1. The van der Waals surface area contributed by atoms with E-state index < -0.39 is 0 Å². The number of rotatable bonds is 5. The summed E-state index contributed by atoms with van der Waals surface area (Å²) in [6, 6.07) is 12.6. The van der Waals surface area contributed by atoms with E-state index in [0.717, 1.165) is 17.9 Å². The maximum absolute atomic E-state index is 5.86. The van der Waals surface area contributed by atoms with Crippen molar-refractivity contribution in [2.75, 3.05) is 26.2 Å². The van der Waals surface area contributed by atoms with Crippen molar-refractivity contribution in [3.63, 3.8) is 0 Å². The molecular formula is C21H27N3O. The molecule has 0 bridgehead atoms. The van der Waals surface area contributed by atoms with E-state index in [1.54, 1.807) is 12.4 Å². The standard InChI is InChI=1S/C21H27N3O/c1-3-20(25-16-19-5-10-22-11-6-19)4-2-18(1)15-24-14-9-21(17-24)7-12-23-13-8-21/h1-6,10-11,23H,7-9,12-17H2. The van der Waals surface area contributed by atoms with Gasteiger partial charge in [0.25, 0.3) is 0 Å². The number of nitrogens with zero attached hydrogens (tertiary/aromatic N) is 2. The third-order valence-electron chi connectivity index (χ3n) is 5.67. The van der Waals surface area contributed by atoms with Gasteiger partial charge in [0.05, 0.1) is 0 Å². The van der Waals surface area contributed by atoms with Gasteiger partial charge in [0, 0.05) is 25.5 Å². The molecule has 0 aliphatic carbocycles. The van der Waals surface area contributed by atoms with E-state index in [4.69, 9.17) is 4.74 Å². The number of piperidine rings is 1. The van der Waals surface area contributed by atoms with Gasteiger partial charge >= 0.3 is 0 Å². The van der Waals surface area contributed by atoms with E-state index in [2.05, 4.69) is 39.5 Å². The Balaban J connectivity index is 1.29. The van der Waals surface area contributed by atoms with E-state index in [-0.39, 0.29) is 0 Å². The van der Waals surface area contributed by atoms with E-state index >= 15 is 0 Å². The fraction of sp³-hybridized carbons (Fsp3) is 0.476. The van der Waals surface area contributed by atoms with Crippen molar-refractivity contribution in [2.24, 2.45) is 5.41 Å². The van der Waals surface area contributed by atoms with E-state index in [0.29, 0.717) is 12.0 Å². The summed E-state index contributed by atoms with van der Waals surface area (Å²) in [6.07, 6.45) is 7.64. The summed E-state index contributed by atoms with van der Waals surface area (Å²) in [6.45, 7) is 6.52. The third-order valence-corrected chi connectivity index (χ3v) is 5.67. The molecule has 4 heteroatoms. The van der Waals surface area contributed by atoms with E-state index in [1.165, 1.54) is 51.0 Å². The molecule has 4 nitrogen and oxygen atoms in total. The van der Waals surface area contributed by atoms with Gasteiger partial charge in [-0.15, -0.1) is 0 Å². The SMILES string of the molecule is c1cc(COc2ccc(CN3CCC4(CCNCC4)C3)cc2)ccn1. The van der Waals surface area contributed by atoms with Gasteiger partial charge < -0.3 is 10.1 Å². The van der Waals surface area contributed by atoms with Gasteiger partial charge in [-0.1, -0.05) is 12.1 Å². The molecule has 1 aromatic heterocycles. The smallest absolute Gasteiger partial charge is 0.119 e. The minimum Gasteiger partial charge on any atom is -0.489 e. The molecular weight excluding hydrogens is 310 g/mol. The van der Waals surface area contributed by atoms with Crippen LogP contribution in [0.3, 0.4) is 0 Å². The van der Waals surface area contributed by atoms with Crippen LogP contribution < -0.4 is 10.1 Å². The Morgan fingerprint density at radius 1 is 0.960 bits per heavy atom. The summed E-state index contributed by atoms with van der Waals surface area (Å²) in [5.74, 6) is 0.928. The fourth-order valence-corrected chi connectivity index (χ4v) is 4.12. The maximum atomic E-state index is 5.86. The molecule has 132 valence electrons. The second-order valence-electron chi connectivity index (χ2n) is 7.50. The molecule has 1 N–H and O–H groups in total. The predicted octanol–water partition coefficient (Wildman–Crippen LogP) is 3.24. The lowest BCUT2D eigenvalue weighted by Gasteiger charge is -2.33. The monoisotopic (exact) mass is 337 g/mol. The number of hydrogen-bond donors (Lipinski definition) is 1. The lowest BCUT2D eigenvalue weighted by atomic mass is 9.78. The van der Waals surface area contributed by atoms with Gasteiger partial charge in [-0.3, -0.25) is 9.88 Å². The number of likely N-dealkylation sites (tertiary alicyclic amines) is 1. The number of aromatic nitrogens is 1. The van der Waals surface area contributed by atoms with E-state index in [1.807, 2.05) is 12.1 Å². The largest absolute Gasteiger partial charge is 0.489 e. The van der Waals surface area contributed by atoms with Crippen molar-refractivity contribution in [3.8, 4) is 5.75 Å². The Labute approximate surface area is 150 Å². The van der Waals surface area contributed by atoms with Crippen LogP contribution in [-0.2, 0) is 13.2 Å². The fourth-order valence-electron chi connectivity index (χ4n) is 4.12. The summed E-state index contributed by atoms with van der Waals surface area (Å²) in [7, 11) is 0. The Morgan fingerprint density at radius 2 is 1.72 bits per heavy atom. The molecule has 2 saturated heterocycles. The van der Waals surface area contributed by atoms with Gasteiger partial charge in [-0.05, 0) is 79.7 Å². The summed E-state index contributed by atoms with van der Waals surface area (Å²) < 4.78 is 5.86. The Bertz CT molecular complexity index is 665. The average molecular weight is 337 g/mol. The zero-order valence-corrected chi connectivity index (χ0v) is 14.8. The molecule has 2 aliphatic heterocycles. The summed E-state index contributed by atoms with van der Waals surface area (Å²) >= 11 is 0. The molecule has 2 fully saturated rings. The molecule has 25 heavy (non-hydrogen) atoms. The highest BCUT2D eigenvalue weighted by molar-refractivity contribution is 5.27. The van der Waals surface area contributed by atoms with Crippen molar-refractivity contribution >= 4 is 0 Å². The van der Waals surface area contributed by atoms with Crippen LogP contribution in [-0.4, -0.2) is 36.1 Å². The number of ether oxygens (including phenoxy) is 1. The highest BCUT2D eigenvalue weighted by atomic mass is 16.5. The van der Waals surface area contributed by atoms with Crippen LogP contribution >= 0.6 is 0 Å². The molecule has 0 amide bonds. The molecule has 4 rings (SSSR count). The first-order chi connectivity index (χ1) is 12.3. The molecule has 1 aromatic carbocycles. The second-order valence-corrected chi connectivity index (χ2v) is 7.50. The number of hydrogen-bond acceptors (Lipinski definition) is 4. The normalized spacial score (nSPS) is 20.0. The van der Waals surface area contributed by atoms with E-state index in [9.17, 15) is 0 Å². The highest BCUT2D eigenvalue weighted by Crippen LogP contribution is 2.39. The van der Waals surface area contributed by atoms with Gasteiger partial charge in [-0.2, -0.15) is 0 Å². The zero-order chi connectivity index (χ0) is 17.0. The first-order valence-corrected chi connectivity index (χ1v) is 9.35. The number of benzene rings is 1. The Hall–Kier alpha value is -1.91. The molecule has 3 heterocycles. The second kappa shape index (κ2) is 7.54. The number of pyridine rings is 1. The molecule has 0 saturated carbocycles. The van der Waals surface area contributed by atoms with Crippen molar-refractivity contribution in [2.45, 2.75) is 32.4 Å². The summed E-state index contributed by atoms with van der Waals surface area (Å²) in [5.41, 5.74) is 3.10. The molecule has 0 atom stereocenters. The van der Waals surface area contributed by atoms with Crippen molar-refractivity contribution in [1.29, 1.82) is 0 Å². The lowest BCUT2D eigenvalue weighted by molar-refractivity contribution is 0.194. The Kier molecular flexibility index (Phi) is 4.99. The first kappa shape index (κ1) is 16.6. The summed E-state index contributed by atoms with van der Waals surface area (Å²) in [5, 5.41) is 3.49. The van der Waals surface area contributed by atoms with Crippen LogP contribution in [0.2, 0.25) is 0 Å². The van der Waals surface area contributed by atoms with Gasteiger partial charge in [0.1, 0.15) is 12.4 Å². The molecule has 1 spiro atoms. The van der Waals surface area contributed by atoms with Crippen LogP contribution in [0.1, 0.15) is 30.4 Å². The topological polar surface area (TPSA) is 37.4 Å². The zero-order valence-electron chi connectivity index (χ0n) is 14.8. The van der Waals surface area contributed by atoms with Crippen molar-refractivity contribution < 1.29 is 4.74 Å². The van der Waals surface area contributed by atoms with Crippen molar-refractivity contribution in [1.82, 2.24) is 15.2 Å². The average Bonchev–Trinajstić information content (AvgIpc) is 3.04. The van der Waals surface area contributed by atoms with Crippen LogP contribution in [0.25, 0.3) is 0 Å². The van der Waals surface area contributed by atoms with Crippen LogP contribution in [0.5, 0.6) is 5.75 Å². The van der Waals surface area contributed by atoms with Gasteiger partial charge in [0.2, 0.25) is 0 Å². The van der Waals surface area contributed by atoms with Gasteiger partial charge in [-0.25, -0.2) is 0 Å². The molecule has 2 aliphatic rings. The quantitative estimate of drug-likeness (QED) is 0.909. The molecule has 0 radical (unpaired) electrons. The third kappa shape index (κ3) is 4.20. The highest BCUT2D eigenvalue weighted by Gasteiger charge is 2.38. The van der Waals surface area contributed by atoms with Crippen LogP contribution in [0.15, 0.2) is 48.8 Å². The molecule has 0 unspecified atom stereocenters. The molecule has 2 aromatic rings. The van der Waals surface area contributed by atoms with Crippen LogP contribution in [0.4, 0.5) is 0 Å². The lowest BCUT2D eigenvalue weighted by Crippen LogP contribution is -2.38. The minimum atomic E-state index is 0.582. The predicted molar refractivity (Wildman–Crippen MR) is 99.4 cm³/mol.